The highest BCUT2D eigenvalue weighted by atomic mass is 15.2. The molecule has 5 aromatic rings. The lowest BCUT2D eigenvalue weighted by Gasteiger charge is -2.39. The molecule has 0 fully saturated rings. The van der Waals surface area contributed by atoms with Gasteiger partial charge in [0.2, 0.25) is 0 Å². The van der Waals surface area contributed by atoms with E-state index >= 15 is 0 Å². The van der Waals surface area contributed by atoms with Crippen LogP contribution >= 0.6 is 0 Å². The predicted molar refractivity (Wildman–Crippen MR) is 141 cm³/mol. The minimum atomic E-state index is 0.908. The predicted octanol–water partition coefficient (Wildman–Crippen LogP) is 7.50. The smallest absolute Gasteiger partial charge is 0.0716 e. The van der Waals surface area contributed by atoms with Crippen LogP contribution in [0.5, 0.6) is 0 Å². The summed E-state index contributed by atoms with van der Waals surface area (Å²) in [7, 11) is 0. The molecule has 0 bridgehead atoms. The third-order valence-corrected chi connectivity index (χ3v) is 8.62. The van der Waals surface area contributed by atoms with Crippen LogP contribution in [0, 0.1) is 0 Å². The summed E-state index contributed by atoms with van der Waals surface area (Å²) in [6, 6.07) is 29.5. The number of pyridine rings is 1. The summed E-state index contributed by atoms with van der Waals surface area (Å²) in [6.07, 6.45) is 5.99. The average molecular weight is 447 g/mol. The van der Waals surface area contributed by atoms with E-state index in [9.17, 15) is 0 Å². The van der Waals surface area contributed by atoms with E-state index in [2.05, 4.69) is 83.8 Å². The summed E-state index contributed by atoms with van der Waals surface area (Å²) in [5.74, 6) is 0. The molecular formula is C33H22N2. The number of aromatic nitrogens is 1. The molecule has 164 valence electrons. The Morgan fingerprint density at radius 2 is 1.29 bits per heavy atom. The van der Waals surface area contributed by atoms with Crippen LogP contribution in [0.15, 0.2) is 85.1 Å². The van der Waals surface area contributed by atoms with Gasteiger partial charge in [-0.2, -0.15) is 0 Å². The monoisotopic (exact) mass is 446 g/mol. The van der Waals surface area contributed by atoms with Gasteiger partial charge >= 0.3 is 0 Å². The third kappa shape index (κ3) is 2.23. The van der Waals surface area contributed by atoms with Crippen molar-refractivity contribution in [3.05, 3.63) is 130 Å². The highest BCUT2D eigenvalue weighted by molar-refractivity contribution is 5.95. The van der Waals surface area contributed by atoms with Crippen molar-refractivity contribution in [2.45, 2.75) is 25.7 Å². The number of hydrogen-bond acceptors (Lipinski definition) is 2. The molecule has 0 saturated heterocycles. The minimum absolute atomic E-state index is 0.908. The van der Waals surface area contributed by atoms with Gasteiger partial charge in [-0.15, -0.1) is 0 Å². The zero-order valence-electron chi connectivity index (χ0n) is 19.3. The Balaban J connectivity index is 1.29. The van der Waals surface area contributed by atoms with E-state index in [1.54, 1.807) is 11.1 Å². The largest absolute Gasteiger partial charge is 0.308 e. The second-order valence-corrected chi connectivity index (χ2v) is 10.3. The number of fused-ring (bicyclic) bond motifs is 12. The lowest BCUT2D eigenvalue weighted by Crippen LogP contribution is -2.25. The summed E-state index contributed by atoms with van der Waals surface area (Å²) in [6.45, 7) is 0. The van der Waals surface area contributed by atoms with Crippen LogP contribution in [0.25, 0.3) is 22.3 Å². The molecular weight excluding hydrogens is 424 g/mol. The zero-order chi connectivity index (χ0) is 22.7. The molecule has 0 atom stereocenters. The molecule has 0 unspecified atom stereocenters. The van der Waals surface area contributed by atoms with Crippen LogP contribution in [0.1, 0.15) is 44.6 Å². The summed E-state index contributed by atoms with van der Waals surface area (Å²) in [5, 5.41) is 0. The SMILES string of the molecule is c1ccc2c(c1)Cc1c-2ccc2c1Cc1ccc3c(c1-2)Cc1ccnc2c1N3c1ccccc1C2. The van der Waals surface area contributed by atoms with Crippen molar-refractivity contribution in [3.8, 4) is 22.3 Å². The van der Waals surface area contributed by atoms with Crippen LogP contribution in [-0.4, -0.2) is 4.98 Å². The molecule has 0 amide bonds. The van der Waals surface area contributed by atoms with E-state index in [0.717, 1.165) is 25.7 Å². The van der Waals surface area contributed by atoms with E-state index in [-0.39, 0.29) is 0 Å². The van der Waals surface area contributed by atoms with Crippen LogP contribution < -0.4 is 4.90 Å². The van der Waals surface area contributed by atoms with Crippen molar-refractivity contribution in [1.29, 1.82) is 0 Å². The standard InChI is InChI=1S/C33H22N2/c1-3-7-23-19(5-1)15-26-24(23)10-11-25-27(26)16-21-9-12-31-28(32(21)25)17-22-13-14-34-29-18-20-6-2-4-8-30(20)35(31)33(22)29/h1-14H,15-18H2. The maximum atomic E-state index is 4.81. The second-order valence-electron chi connectivity index (χ2n) is 10.3. The van der Waals surface area contributed by atoms with E-state index < -0.39 is 0 Å². The molecule has 0 radical (unpaired) electrons. The van der Waals surface area contributed by atoms with Gasteiger partial charge in [-0.05, 0) is 92.2 Å². The number of hydrogen-bond donors (Lipinski definition) is 0. The number of anilines is 3. The van der Waals surface area contributed by atoms with Gasteiger partial charge in [0, 0.05) is 24.7 Å². The Kier molecular flexibility index (Phi) is 3.27. The molecule has 2 aliphatic heterocycles. The molecule has 2 heteroatoms. The lowest BCUT2D eigenvalue weighted by molar-refractivity contribution is 0.960. The number of rotatable bonds is 0. The minimum Gasteiger partial charge on any atom is -0.308 e. The first-order valence-corrected chi connectivity index (χ1v) is 12.6. The first-order valence-electron chi connectivity index (χ1n) is 12.6. The number of nitrogens with zero attached hydrogens (tertiary/aromatic N) is 2. The molecule has 1 aromatic heterocycles. The van der Waals surface area contributed by atoms with Crippen molar-refractivity contribution < 1.29 is 0 Å². The topological polar surface area (TPSA) is 16.1 Å². The van der Waals surface area contributed by atoms with Crippen LogP contribution in [0.2, 0.25) is 0 Å². The van der Waals surface area contributed by atoms with Crippen molar-refractivity contribution >= 4 is 17.1 Å². The molecule has 4 aromatic carbocycles. The highest BCUT2D eigenvalue weighted by Gasteiger charge is 2.36. The van der Waals surface area contributed by atoms with Crippen molar-refractivity contribution in [2.24, 2.45) is 0 Å². The molecule has 0 saturated carbocycles. The van der Waals surface area contributed by atoms with Crippen molar-refractivity contribution in [1.82, 2.24) is 4.98 Å². The van der Waals surface area contributed by atoms with Gasteiger partial charge in [-0.1, -0.05) is 60.7 Å². The van der Waals surface area contributed by atoms with Crippen LogP contribution in [-0.2, 0) is 25.7 Å². The Morgan fingerprint density at radius 3 is 2.26 bits per heavy atom. The molecule has 35 heavy (non-hydrogen) atoms. The summed E-state index contributed by atoms with van der Waals surface area (Å²) in [5.41, 5.74) is 21.2. The van der Waals surface area contributed by atoms with E-state index in [1.165, 1.54) is 72.8 Å². The van der Waals surface area contributed by atoms with E-state index in [4.69, 9.17) is 4.98 Å². The number of benzene rings is 4. The molecule has 0 spiro atoms. The Labute approximate surface area is 204 Å². The summed E-state index contributed by atoms with van der Waals surface area (Å²) < 4.78 is 0. The fourth-order valence-electron chi connectivity index (χ4n) is 7.17. The third-order valence-electron chi connectivity index (χ3n) is 8.62. The van der Waals surface area contributed by atoms with Gasteiger partial charge in [-0.25, -0.2) is 0 Å². The van der Waals surface area contributed by atoms with Gasteiger partial charge in [0.25, 0.3) is 0 Å². The highest BCUT2D eigenvalue weighted by Crippen LogP contribution is 2.55. The van der Waals surface area contributed by atoms with Gasteiger partial charge in [0.15, 0.2) is 0 Å². The summed E-state index contributed by atoms with van der Waals surface area (Å²) in [4.78, 5) is 7.31. The quantitative estimate of drug-likeness (QED) is 0.240. The fourth-order valence-corrected chi connectivity index (χ4v) is 7.17. The zero-order valence-corrected chi connectivity index (χ0v) is 19.3. The molecule has 2 aliphatic carbocycles. The van der Waals surface area contributed by atoms with Gasteiger partial charge in [-0.3, -0.25) is 4.98 Å². The Bertz CT molecular complexity index is 1760. The molecule has 4 aliphatic rings. The first-order chi connectivity index (χ1) is 17.3. The first kappa shape index (κ1) is 18.2. The maximum Gasteiger partial charge on any atom is 0.0716 e. The van der Waals surface area contributed by atoms with Crippen LogP contribution in [0.3, 0.4) is 0 Å². The average Bonchev–Trinajstić information content (AvgIpc) is 3.47. The van der Waals surface area contributed by atoms with E-state index in [0.29, 0.717) is 0 Å². The second kappa shape index (κ2) is 6.28. The molecule has 9 rings (SSSR count). The fraction of sp³-hybridized carbons (Fsp3) is 0.121. The number of para-hydroxylation sites is 1. The van der Waals surface area contributed by atoms with Gasteiger partial charge < -0.3 is 4.90 Å². The molecule has 0 N–H and O–H groups in total. The Morgan fingerprint density at radius 1 is 0.514 bits per heavy atom. The normalized spacial score (nSPS) is 14.9. The van der Waals surface area contributed by atoms with Gasteiger partial charge in [0.05, 0.1) is 17.1 Å². The van der Waals surface area contributed by atoms with E-state index in [1.807, 2.05) is 6.20 Å². The molecule has 3 heterocycles. The van der Waals surface area contributed by atoms with Gasteiger partial charge in [0.1, 0.15) is 0 Å². The summed E-state index contributed by atoms with van der Waals surface area (Å²) >= 11 is 0. The molecule has 2 nitrogen and oxygen atoms in total. The van der Waals surface area contributed by atoms with Crippen molar-refractivity contribution in [3.63, 3.8) is 0 Å². The van der Waals surface area contributed by atoms with Crippen LogP contribution in [0.4, 0.5) is 17.1 Å². The Hall–Kier alpha value is -4.17. The van der Waals surface area contributed by atoms with Crippen molar-refractivity contribution in [2.75, 3.05) is 4.90 Å². The maximum absolute atomic E-state index is 4.81. The lowest BCUT2D eigenvalue weighted by atomic mass is 9.85.